The van der Waals surface area contributed by atoms with Crippen LogP contribution >= 0.6 is 0 Å². The number of rotatable bonds is 10. The van der Waals surface area contributed by atoms with E-state index in [4.69, 9.17) is 0 Å². The van der Waals surface area contributed by atoms with E-state index >= 15 is 0 Å². The SMILES string of the molecule is CCC(CC)CC(C)(C(=O)O)C(C(=O)O)C(C)(C)CC(C)C. The number of carboxylic acid groups (broad SMARTS) is 2. The highest BCUT2D eigenvalue weighted by Gasteiger charge is 2.53. The van der Waals surface area contributed by atoms with Crippen LogP contribution in [0.25, 0.3) is 0 Å². The van der Waals surface area contributed by atoms with Crippen LogP contribution in [0.4, 0.5) is 0 Å². The van der Waals surface area contributed by atoms with Crippen molar-refractivity contribution in [2.24, 2.45) is 28.6 Å². The van der Waals surface area contributed by atoms with Crippen LogP contribution in [0.3, 0.4) is 0 Å². The molecular formula is C18H34O4. The van der Waals surface area contributed by atoms with Gasteiger partial charge in [0.25, 0.3) is 0 Å². The van der Waals surface area contributed by atoms with Crippen molar-refractivity contribution in [3.8, 4) is 0 Å². The highest BCUT2D eigenvalue weighted by molar-refractivity contribution is 5.83. The standard InChI is InChI=1S/C18H34O4/c1-8-13(9-2)11-18(7,16(21)22)14(15(19)20)17(5,6)10-12(3)4/h12-14H,8-11H2,1-7H3,(H,19,20)(H,21,22). The van der Waals surface area contributed by atoms with Gasteiger partial charge in [-0.2, -0.15) is 0 Å². The number of aliphatic carboxylic acids is 2. The summed E-state index contributed by atoms with van der Waals surface area (Å²) in [4.78, 5) is 24.0. The smallest absolute Gasteiger partial charge is 0.310 e. The molecule has 0 saturated carbocycles. The van der Waals surface area contributed by atoms with Crippen LogP contribution in [0.1, 0.15) is 74.1 Å². The van der Waals surface area contributed by atoms with Crippen molar-refractivity contribution in [3.63, 3.8) is 0 Å². The average molecular weight is 314 g/mol. The Labute approximate surface area is 135 Å². The Kier molecular flexibility index (Phi) is 7.60. The first-order valence-electron chi connectivity index (χ1n) is 8.38. The lowest BCUT2D eigenvalue weighted by atomic mass is 9.59. The van der Waals surface area contributed by atoms with Gasteiger partial charge in [-0.05, 0) is 37.0 Å². The molecule has 0 rings (SSSR count). The first kappa shape index (κ1) is 20.9. The Morgan fingerprint density at radius 1 is 0.955 bits per heavy atom. The third kappa shape index (κ3) is 4.99. The second-order valence-corrected chi connectivity index (χ2v) is 7.97. The van der Waals surface area contributed by atoms with Crippen molar-refractivity contribution in [3.05, 3.63) is 0 Å². The minimum atomic E-state index is -1.25. The summed E-state index contributed by atoms with van der Waals surface area (Å²) in [6.07, 6.45) is 2.84. The molecule has 0 aliphatic rings. The summed E-state index contributed by atoms with van der Waals surface area (Å²) in [5, 5.41) is 19.6. The van der Waals surface area contributed by atoms with E-state index in [9.17, 15) is 19.8 Å². The zero-order valence-electron chi connectivity index (χ0n) is 15.3. The number of hydrogen-bond donors (Lipinski definition) is 2. The van der Waals surface area contributed by atoms with E-state index in [0.717, 1.165) is 12.8 Å². The summed E-state index contributed by atoms with van der Waals surface area (Å²) >= 11 is 0. The molecule has 0 aromatic carbocycles. The van der Waals surface area contributed by atoms with Gasteiger partial charge in [0, 0.05) is 0 Å². The summed E-state index contributed by atoms with van der Waals surface area (Å²) in [5.41, 5.74) is -1.82. The summed E-state index contributed by atoms with van der Waals surface area (Å²) in [6.45, 7) is 13.5. The molecule has 4 nitrogen and oxygen atoms in total. The van der Waals surface area contributed by atoms with Gasteiger partial charge in [-0.25, -0.2) is 0 Å². The molecule has 0 spiro atoms. The fraction of sp³-hybridized carbons (Fsp3) is 0.889. The molecule has 2 unspecified atom stereocenters. The third-order valence-electron chi connectivity index (χ3n) is 4.96. The molecule has 0 saturated heterocycles. The van der Waals surface area contributed by atoms with Gasteiger partial charge in [-0.15, -0.1) is 0 Å². The maximum Gasteiger partial charge on any atom is 0.310 e. The summed E-state index contributed by atoms with van der Waals surface area (Å²) < 4.78 is 0. The lowest BCUT2D eigenvalue weighted by molar-refractivity contribution is -0.170. The molecule has 0 heterocycles. The van der Waals surface area contributed by atoms with Crippen molar-refractivity contribution in [2.45, 2.75) is 74.1 Å². The molecule has 0 bridgehead atoms. The molecule has 2 N–H and O–H groups in total. The topological polar surface area (TPSA) is 74.6 Å². The van der Waals surface area contributed by atoms with E-state index < -0.39 is 28.7 Å². The van der Waals surface area contributed by atoms with Gasteiger partial charge in [0.05, 0.1) is 11.3 Å². The molecule has 0 aromatic rings. The lowest BCUT2D eigenvalue weighted by Crippen LogP contribution is -2.49. The normalized spacial score (nSPS) is 16.6. The number of carbonyl (C=O) groups is 2. The highest BCUT2D eigenvalue weighted by atomic mass is 16.4. The highest BCUT2D eigenvalue weighted by Crippen LogP contribution is 2.48. The van der Waals surface area contributed by atoms with Crippen molar-refractivity contribution in [2.75, 3.05) is 0 Å². The Morgan fingerprint density at radius 2 is 1.41 bits per heavy atom. The lowest BCUT2D eigenvalue weighted by Gasteiger charge is -2.43. The largest absolute Gasteiger partial charge is 0.481 e. The number of hydrogen-bond acceptors (Lipinski definition) is 2. The molecule has 22 heavy (non-hydrogen) atoms. The monoisotopic (exact) mass is 314 g/mol. The van der Waals surface area contributed by atoms with Crippen LogP contribution in [0.2, 0.25) is 0 Å². The molecule has 4 heteroatoms. The Balaban J connectivity index is 5.81. The van der Waals surface area contributed by atoms with Gasteiger partial charge < -0.3 is 10.2 Å². The predicted molar refractivity (Wildman–Crippen MR) is 88.8 cm³/mol. The van der Waals surface area contributed by atoms with Gasteiger partial charge in [-0.3, -0.25) is 9.59 Å². The minimum Gasteiger partial charge on any atom is -0.481 e. The number of carboxylic acids is 2. The van der Waals surface area contributed by atoms with E-state index in [2.05, 4.69) is 0 Å². The average Bonchev–Trinajstić information content (AvgIpc) is 2.32. The molecule has 130 valence electrons. The maximum absolute atomic E-state index is 12.0. The Bertz CT molecular complexity index is 383. The molecule has 2 atom stereocenters. The van der Waals surface area contributed by atoms with Crippen LogP contribution in [-0.2, 0) is 9.59 Å². The summed E-state index contributed by atoms with van der Waals surface area (Å²) in [5.74, 6) is -2.34. The van der Waals surface area contributed by atoms with E-state index in [1.165, 1.54) is 0 Å². The van der Waals surface area contributed by atoms with Crippen LogP contribution in [-0.4, -0.2) is 22.2 Å². The molecule has 0 fully saturated rings. The van der Waals surface area contributed by atoms with E-state index in [1.807, 2.05) is 41.5 Å². The van der Waals surface area contributed by atoms with E-state index in [1.54, 1.807) is 6.92 Å². The van der Waals surface area contributed by atoms with Crippen LogP contribution in [0.5, 0.6) is 0 Å². The van der Waals surface area contributed by atoms with Crippen molar-refractivity contribution >= 4 is 11.9 Å². The van der Waals surface area contributed by atoms with Gasteiger partial charge in [-0.1, -0.05) is 54.4 Å². The van der Waals surface area contributed by atoms with Crippen molar-refractivity contribution in [1.29, 1.82) is 0 Å². The van der Waals surface area contributed by atoms with Crippen molar-refractivity contribution in [1.82, 2.24) is 0 Å². The fourth-order valence-corrected chi connectivity index (χ4v) is 4.14. The molecule has 0 radical (unpaired) electrons. The summed E-state index contributed by atoms with van der Waals surface area (Å²) in [7, 11) is 0. The van der Waals surface area contributed by atoms with Crippen LogP contribution < -0.4 is 0 Å². The quantitative estimate of drug-likeness (QED) is 0.614. The first-order chi connectivity index (χ1) is 9.92. The minimum absolute atomic E-state index is 0.234. The molecule has 0 aromatic heterocycles. The molecule has 0 amide bonds. The van der Waals surface area contributed by atoms with E-state index in [0.29, 0.717) is 18.8 Å². The van der Waals surface area contributed by atoms with Gasteiger partial charge >= 0.3 is 11.9 Å². The second-order valence-electron chi connectivity index (χ2n) is 7.97. The molecule has 0 aliphatic carbocycles. The third-order valence-corrected chi connectivity index (χ3v) is 4.96. The van der Waals surface area contributed by atoms with Crippen LogP contribution in [0, 0.1) is 28.6 Å². The molecular weight excluding hydrogens is 280 g/mol. The summed E-state index contributed by atoms with van der Waals surface area (Å²) in [6, 6.07) is 0. The fourth-order valence-electron chi connectivity index (χ4n) is 4.14. The molecule has 0 aliphatic heterocycles. The first-order valence-corrected chi connectivity index (χ1v) is 8.38. The van der Waals surface area contributed by atoms with Gasteiger partial charge in [0.1, 0.15) is 0 Å². The Hall–Kier alpha value is -1.06. The van der Waals surface area contributed by atoms with Gasteiger partial charge in [0.15, 0.2) is 0 Å². The van der Waals surface area contributed by atoms with Crippen molar-refractivity contribution < 1.29 is 19.8 Å². The van der Waals surface area contributed by atoms with Crippen LogP contribution in [0.15, 0.2) is 0 Å². The zero-order valence-corrected chi connectivity index (χ0v) is 15.3. The van der Waals surface area contributed by atoms with E-state index in [-0.39, 0.29) is 5.92 Å². The predicted octanol–water partition coefficient (Wildman–Crippen LogP) is 4.68. The maximum atomic E-state index is 12.0. The zero-order chi connectivity index (χ0) is 17.7. The van der Waals surface area contributed by atoms with Gasteiger partial charge in [0.2, 0.25) is 0 Å². The second kappa shape index (κ2) is 7.98. The Morgan fingerprint density at radius 3 is 1.68 bits per heavy atom.